The van der Waals surface area contributed by atoms with E-state index in [1.807, 2.05) is 20.2 Å². The Labute approximate surface area is 135 Å². The second-order valence-corrected chi connectivity index (χ2v) is 8.24. The molecular weight excluding hydrogens is 298 g/mol. The lowest BCUT2D eigenvalue weighted by molar-refractivity contribution is 0.566. The zero-order valence-electron chi connectivity index (χ0n) is 14.1. The number of nitrogens with one attached hydrogen (secondary N) is 2. The lowest BCUT2D eigenvalue weighted by atomic mass is 10.2. The molecule has 6 heteroatoms. The SMILES string of the molecule is CC(C)S(=O)(=O)NCCCCCNc1cccc(N(C)C)c1. The van der Waals surface area contributed by atoms with Gasteiger partial charge in [-0.25, -0.2) is 13.1 Å². The molecule has 0 aliphatic heterocycles. The predicted octanol–water partition coefficient (Wildman–Crippen LogP) is 2.66. The van der Waals surface area contributed by atoms with E-state index >= 15 is 0 Å². The topological polar surface area (TPSA) is 61.4 Å². The number of unbranched alkanes of at least 4 members (excludes halogenated alkanes) is 2. The van der Waals surface area contributed by atoms with E-state index in [2.05, 4.69) is 33.1 Å². The van der Waals surface area contributed by atoms with E-state index in [9.17, 15) is 8.42 Å². The van der Waals surface area contributed by atoms with Crippen molar-refractivity contribution >= 4 is 21.4 Å². The van der Waals surface area contributed by atoms with Gasteiger partial charge in [0.05, 0.1) is 5.25 Å². The minimum atomic E-state index is -3.12. The van der Waals surface area contributed by atoms with Crippen molar-refractivity contribution in [3.05, 3.63) is 24.3 Å². The van der Waals surface area contributed by atoms with Crippen molar-refractivity contribution in [3.63, 3.8) is 0 Å². The van der Waals surface area contributed by atoms with E-state index in [-0.39, 0.29) is 5.25 Å². The molecular formula is C16H29N3O2S. The predicted molar refractivity (Wildman–Crippen MR) is 95.2 cm³/mol. The highest BCUT2D eigenvalue weighted by atomic mass is 32.2. The molecule has 0 spiro atoms. The van der Waals surface area contributed by atoms with Gasteiger partial charge in [-0.15, -0.1) is 0 Å². The zero-order chi connectivity index (χ0) is 16.6. The fourth-order valence-electron chi connectivity index (χ4n) is 1.93. The lowest BCUT2D eigenvalue weighted by Gasteiger charge is -2.14. The standard InChI is InChI=1S/C16H29N3O2S/c1-14(2)22(20,21)18-12-7-5-6-11-17-15-9-8-10-16(13-15)19(3)4/h8-10,13-14,17-18H,5-7,11-12H2,1-4H3. The molecule has 2 N–H and O–H groups in total. The van der Waals surface area contributed by atoms with Crippen LogP contribution in [0.3, 0.4) is 0 Å². The maximum Gasteiger partial charge on any atom is 0.213 e. The fraction of sp³-hybridized carbons (Fsp3) is 0.625. The first kappa shape index (κ1) is 18.8. The highest BCUT2D eigenvalue weighted by molar-refractivity contribution is 7.90. The van der Waals surface area contributed by atoms with Gasteiger partial charge in [0.25, 0.3) is 0 Å². The number of anilines is 2. The minimum absolute atomic E-state index is 0.363. The number of hydrogen-bond acceptors (Lipinski definition) is 4. The molecule has 0 fully saturated rings. The number of benzene rings is 1. The summed E-state index contributed by atoms with van der Waals surface area (Å²) >= 11 is 0. The van der Waals surface area contributed by atoms with Crippen LogP contribution in [0.4, 0.5) is 11.4 Å². The Morgan fingerprint density at radius 1 is 1.09 bits per heavy atom. The van der Waals surface area contributed by atoms with Crippen molar-refractivity contribution in [2.75, 3.05) is 37.4 Å². The van der Waals surface area contributed by atoms with Crippen LogP contribution in [0.1, 0.15) is 33.1 Å². The van der Waals surface area contributed by atoms with Crippen LogP contribution >= 0.6 is 0 Å². The summed E-state index contributed by atoms with van der Waals surface area (Å²) in [6.07, 6.45) is 2.89. The summed E-state index contributed by atoms with van der Waals surface area (Å²) < 4.78 is 25.8. The summed E-state index contributed by atoms with van der Waals surface area (Å²) in [5.74, 6) is 0. The van der Waals surface area contributed by atoms with Crippen LogP contribution in [-0.4, -0.2) is 40.9 Å². The summed E-state index contributed by atoms with van der Waals surface area (Å²) in [5.41, 5.74) is 2.29. The molecule has 0 amide bonds. The van der Waals surface area contributed by atoms with Crippen LogP contribution in [0.5, 0.6) is 0 Å². The van der Waals surface area contributed by atoms with Crippen LogP contribution in [0.25, 0.3) is 0 Å². The van der Waals surface area contributed by atoms with Crippen LogP contribution in [-0.2, 0) is 10.0 Å². The first-order valence-electron chi connectivity index (χ1n) is 7.82. The van der Waals surface area contributed by atoms with E-state index < -0.39 is 10.0 Å². The van der Waals surface area contributed by atoms with Crippen LogP contribution < -0.4 is 14.9 Å². The van der Waals surface area contributed by atoms with Crippen LogP contribution in [0.15, 0.2) is 24.3 Å². The third kappa shape index (κ3) is 6.66. The van der Waals surface area contributed by atoms with Crippen LogP contribution in [0.2, 0.25) is 0 Å². The third-order valence-electron chi connectivity index (χ3n) is 3.47. The lowest BCUT2D eigenvalue weighted by Crippen LogP contribution is -2.31. The fourth-order valence-corrected chi connectivity index (χ4v) is 2.70. The van der Waals surface area contributed by atoms with Crippen LogP contribution in [0, 0.1) is 0 Å². The summed E-state index contributed by atoms with van der Waals surface area (Å²) in [6.45, 7) is 4.80. The van der Waals surface area contributed by atoms with Gasteiger partial charge in [-0.3, -0.25) is 0 Å². The molecule has 0 saturated heterocycles. The first-order valence-corrected chi connectivity index (χ1v) is 9.37. The van der Waals surface area contributed by atoms with Gasteiger partial charge in [-0.05, 0) is 44.9 Å². The summed E-state index contributed by atoms with van der Waals surface area (Å²) in [4.78, 5) is 2.08. The molecule has 0 bridgehead atoms. The summed E-state index contributed by atoms with van der Waals surface area (Å²) in [6, 6.07) is 8.30. The Kier molecular flexibility index (Phi) is 7.68. The van der Waals surface area contributed by atoms with Gasteiger partial charge in [0.2, 0.25) is 10.0 Å². The maximum atomic E-state index is 11.6. The number of nitrogens with zero attached hydrogens (tertiary/aromatic N) is 1. The molecule has 0 saturated carbocycles. The Balaban J connectivity index is 2.17. The maximum absolute atomic E-state index is 11.6. The quantitative estimate of drug-likeness (QED) is 0.649. The van der Waals surface area contributed by atoms with Gasteiger partial charge < -0.3 is 10.2 Å². The molecule has 0 heterocycles. The van der Waals surface area contributed by atoms with Gasteiger partial charge in [0, 0.05) is 38.6 Å². The molecule has 1 rings (SSSR count). The molecule has 1 aromatic rings. The number of rotatable bonds is 10. The second-order valence-electron chi connectivity index (χ2n) is 5.92. The van der Waals surface area contributed by atoms with Crippen molar-refractivity contribution in [2.45, 2.75) is 38.4 Å². The van der Waals surface area contributed by atoms with Gasteiger partial charge in [0.15, 0.2) is 0 Å². The van der Waals surface area contributed by atoms with E-state index in [1.165, 1.54) is 5.69 Å². The Bertz CT molecular complexity index is 542. The molecule has 0 aliphatic rings. The molecule has 1 aromatic carbocycles. The normalized spacial score (nSPS) is 11.7. The first-order chi connectivity index (χ1) is 10.3. The van der Waals surface area contributed by atoms with E-state index in [0.717, 1.165) is 31.5 Å². The minimum Gasteiger partial charge on any atom is -0.385 e. The average Bonchev–Trinajstić information content (AvgIpc) is 2.46. The molecule has 0 radical (unpaired) electrons. The molecule has 0 unspecified atom stereocenters. The van der Waals surface area contributed by atoms with Crippen molar-refractivity contribution < 1.29 is 8.42 Å². The Hall–Kier alpha value is -1.27. The second kappa shape index (κ2) is 9.00. The van der Waals surface area contributed by atoms with Gasteiger partial charge >= 0.3 is 0 Å². The average molecular weight is 327 g/mol. The summed E-state index contributed by atoms with van der Waals surface area (Å²) in [7, 11) is 0.933. The molecule has 22 heavy (non-hydrogen) atoms. The smallest absolute Gasteiger partial charge is 0.213 e. The zero-order valence-corrected chi connectivity index (χ0v) is 14.9. The largest absolute Gasteiger partial charge is 0.385 e. The number of hydrogen-bond donors (Lipinski definition) is 2. The van der Waals surface area contributed by atoms with E-state index in [1.54, 1.807) is 13.8 Å². The third-order valence-corrected chi connectivity index (χ3v) is 5.32. The van der Waals surface area contributed by atoms with Crippen molar-refractivity contribution in [2.24, 2.45) is 0 Å². The summed E-state index contributed by atoms with van der Waals surface area (Å²) in [5, 5.41) is 3.04. The Morgan fingerprint density at radius 2 is 1.77 bits per heavy atom. The molecule has 0 aliphatic carbocycles. The highest BCUT2D eigenvalue weighted by Crippen LogP contribution is 2.17. The molecule has 5 nitrogen and oxygen atoms in total. The highest BCUT2D eigenvalue weighted by Gasteiger charge is 2.13. The molecule has 0 aromatic heterocycles. The molecule has 126 valence electrons. The monoisotopic (exact) mass is 327 g/mol. The number of sulfonamides is 1. The van der Waals surface area contributed by atoms with Crippen molar-refractivity contribution in [1.82, 2.24) is 4.72 Å². The van der Waals surface area contributed by atoms with Crippen molar-refractivity contribution in [1.29, 1.82) is 0 Å². The van der Waals surface area contributed by atoms with Gasteiger partial charge in [-0.1, -0.05) is 12.5 Å². The van der Waals surface area contributed by atoms with Gasteiger partial charge in [0.1, 0.15) is 0 Å². The van der Waals surface area contributed by atoms with E-state index in [0.29, 0.717) is 6.54 Å². The van der Waals surface area contributed by atoms with E-state index in [4.69, 9.17) is 0 Å². The van der Waals surface area contributed by atoms with Crippen molar-refractivity contribution in [3.8, 4) is 0 Å². The Morgan fingerprint density at radius 3 is 2.41 bits per heavy atom. The van der Waals surface area contributed by atoms with Gasteiger partial charge in [-0.2, -0.15) is 0 Å². The molecule has 0 atom stereocenters.